The van der Waals surface area contributed by atoms with Crippen LogP contribution in [-0.2, 0) is 4.79 Å². The Balaban J connectivity index is 2.50. The molecule has 1 heterocycles. The van der Waals surface area contributed by atoms with E-state index in [4.69, 9.17) is 0 Å². The van der Waals surface area contributed by atoms with Crippen LogP contribution in [0.25, 0.3) is 0 Å². The molecule has 0 saturated carbocycles. The number of nitrogens with zero attached hydrogens (tertiary/aromatic N) is 1. The fourth-order valence-corrected chi connectivity index (χ4v) is 1.56. The topological polar surface area (TPSA) is 32.3 Å². The summed E-state index contributed by atoms with van der Waals surface area (Å²) in [7, 11) is 1.68. The maximum atomic E-state index is 12.0. The van der Waals surface area contributed by atoms with Gasteiger partial charge in [-0.2, -0.15) is 0 Å². The molecule has 0 bridgehead atoms. The van der Waals surface area contributed by atoms with E-state index in [1.165, 1.54) is 4.90 Å². The van der Waals surface area contributed by atoms with E-state index in [2.05, 4.69) is 5.32 Å². The third kappa shape index (κ3) is 2.62. The zero-order valence-electron chi connectivity index (χ0n) is 7.59. The highest BCUT2D eigenvalue weighted by molar-refractivity contribution is 5.82. The first kappa shape index (κ1) is 10.4. The number of nitrogens with one attached hydrogen (secondary N) is 1. The lowest BCUT2D eigenvalue weighted by Crippen LogP contribution is -2.50. The highest BCUT2D eigenvalue weighted by atomic mass is 19.3. The first-order chi connectivity index (χ1) is 6.15. The maximum absolute atomic E-state index is 12.0. The first-order valence-corrected chi connectivity index (χ1v) is 4.39. The minimum Gasteiger partial charge on any atom is -0.336 e. The Kier molecular flexibility index (Phi) is 3.59. The Morgan fingerprint density at radius 1 is 1.69 bits per heavy atom. The average molecular weight is 192 g/mol. The van der Waals surface area contributed by atoms with Crippen LogP contribution in [-0.4, -0.2) is 43.4 Å². The maximum Gasteiger partial charge on any atom is 0.255 e. The average Bonchev–Trinajstić information content (AvgIpc) is 2.08. The van der Waals surface area contributed by atoms with Crippen molar-refractivity contribution in [1.29, 1.82) is 0 Å². The third-order valence-electron chi connectivity index (χ3n) is 2.24. The molecule has 5 heteroatoms. The molecule has 0 aliphatic carbocycles. The van der Waals surface area contributed by atoms with Crippen LogP contribution in [0.3, 0.4) is 0 Å². The molecule has 1 aliphatic rings. The number of hydrogen-bond acceptors (Lipinski definition) is 2. The lowest BCUT2D eigenvalue weighted by atomic mass is 10.1. The molecule has 0 aromatic heterocycles. The molecule has 0 spiro atoms. The number of carbonyl (C=O) groups excluding carboxylic acids is 1. The first-order valence-electron chi connectivity index (χ1n) is 4.39. The minimum atomic E-state index is -2.43. The van der Waals surface area contributed by atoms with Gasteiger partial charge in [-0.05, 0) is 19.9 Å². The molecule has 0 radical (unpaired) electrons. The third-order valence-corrected chi connectivity index (χ3v) is 2.24. The molecule has 1 saturated heterocycles. The fourth-order valence-electron chi connectivity index (χ4n) is 1.56. The van der Waals surface area contributed by atoms with E-state index in [0.717, 1.165) is 12.8 Å². The highest BCUT2D eigenvalue weighted by Gasteiger charge is 2.28. The van der Waals surface area contributed by atoms with Crippen molar-refractivity contribution >= 4 is 5.91 Å². The second-order valence-electron chi connectivity index (χ2n) is 3.16. The summed E-state index contributed by atoms with van der Waals surface area (Å²) in [6.45, 7) is 0.0262. The number of carbonyl (C=O) groups is 1. The molecular formula is C8H14F2N2O. The molecule has 1 atom stereocenters. The lowest BCUT2D eigenvalue weighted by molar-refractivity contribution is -0.137. The van der Waals surface area contributed by atoms with Gasteiger partial charge in [0.15, 0.2) is 0 Å². The molecule has 1 N–H and O–H groups in total. The second-order valence-corrected chi connectivity index (χ2v) is 3.16. The molecule has 1 unspecified atom stereocenters. The largest absolute Gasteiger partial charge is 0.336 e. The number of hydrogen-bond donors (Lipinski definition) is 1. The summed E-state index contributed by atoms with van der Waals surface area (Å²) in [4.78, 5) is 12.7. The number of amides is 1. The van der Waals surface area contributed by atoms with Crippen molar-refractivity contribution in [1.82, 2.24) is 10.2 Å². The zero-order valence-corrected chi connectivity index (χ0v) is 7.59. The van der Waals surface area contributed by atoms with Crippen molar-refractivity contribution in [3.63, 3.8) is 0 Å². The molecule has 13 heavy (non-hydrogen) atoms. The Bertz CT molecular complexity index is 187. The molecule has 1 aliphatic heterocycles. The van der Waals surface area contributed by atoms with Crippen LogP contribution in [0.15, 0.2) is 0 Å². The monoisotopic (exact) mass is 192 g/mol. The van der Waals surface area contributed by atoms with Crippen LogP contribution < -0.4 is 5.32 Å². The van der Waals surface area contributed by atoms with Crippen LogP contribution in [0.5, 0.6) is 0 Å². The van der Waals surface area contributed by atoms with Crippen molar-refractivity contribution in [2.75, 3.05) is 20.1 Å². The van der Waals surface area contributed by atoms with Gasteiger partial charge in [-0.3, -0.25) is 4.79 Å². The smallest absolute Gasteiger partial charge is 0.255 e. The van der Waals surface area contributed by atoms with Gasteiger partial charge in [0.1, 0.15) is 0 Å². The van der Waals surface area contributed by atoms with E-state index >= 15 is 0 Å². The predicted molar refractivity (Wildman–Crippen MR) is 44.7 cm³/mol. The van der Waals surface area contributed by atoms with Crippen LogP contribution in [0, 0.1) is 0 Å². The van der Waals surface area contributed by atoms with E-state index in [1.54, 1.807) is 7.05 Å². The van der Waals surface area contributed by atoms with Gasteiger partial charge in [0.05, 0.1) is 12.6 Å². The summed E-state index contributed by atoms with van der Waals surface area (Å²) in [6.07, 6.45) is -0.890. The number of halogens is 2. The Morgan fingerprint density at radius 3 is 2.92 bits per heavy atom. The summed E-state index contributed by atoms with van der Waals surface area (Å²) in [5, 5.41) is 2.82. The summed E-state index contributed by atoms with van der Waals surface area (Å²) in [5.74, 6) is -0.200. The van der Waals surface area contributed by atoms with E-state index in [9.17, 15) is 13.6 Å². The van der Waals surface area contributed by atoms with Crippen molar-refractivity contribution in [2.24, 2.45) is 0 Å². The second kappa shape index (κ2) is 4.50. The molecule has 1 rings (SSSR count). The highest BCUT2D eigenvalue weighted by Crippen LogP contribution is 2.12. The quantitative estimate of drug-likeness (QED) is 0.704. The fraction of sp³-hybridized carbons (Fsp3) is 0.875. The molecule has 1 fully saturated rings. The van der Waals surface area contributed by atoms with Crippen LogP contribution in [0.2, 0.25) is 0 Å². The van der Waals surface area contributed by atoms with Gasteiger partial charge in [-0.25, -0.2) is 8.78 Å². The molecule has 0 aromatic carbocycles. The Morgan fingerprint density at radius 2 is 2.38 bits per heavy atom. The number of rotatable bonds is 3. The molecule has 3 nitrogen and oxygen atoms in total. The number of piperidine rings is 1. The molecule has 0 aromatic rings. The normalized spacial score (nSPS) is 24.2. The van der Waals surface area contributed by atoms with Crippen molar-refractivity contribution in [2.45, 2.75) is 25.3 Å². The molecule has 76 valence electrons. The lowest BCUT2D eigenvalue weighted by Gasteiger charge is -2.31. The molecular weight excluding hydrogens is 178 g/mol. The van der Waals surface area contributed by atoms with Gasteiger partial charge in [-0.1, -0.05) is 0 Å². The number of alkyl halides is 2. The van der Waals surface area contributed by atoms with E-state index < -0.39 is 13.0 Å². The van der Waals surface area contributed by atoms with Gasteiger partial charge in [0.25, 0.3) is 6.43 Å². The minimum absolute atomic E-state index is 0.200. The van der Waals surface area contributed by atoms with Gasteiger partial charge in [0, 0.05) is 6.54 Å². The van der Waals surface area contributed by atoms with Crippen molar-refractivity contribution in [3.05, 3.63) is 0 Å². The summed E-state index contributed by atoms with van der Waals surface area (Å²) in [5.41, 5.74) is 0. The van der Waals surface area contributed by atoms with Gasteiger partial charge in [-0.15, -0.1) is 0 Å². The van der Waals surface area contributed by atoms with Crippen LogP contribution in [0.1, 0.15) is 12.8 Å². The van der Waals surface area contributed by atoms with Gasteiger partial charge in [0.2, 0.25) is 5.91 Å². The number of likely N-dealkylation sites (tertiary alicyclic amines) is 1. The van der Waals surface area contributed by atoms with Gasteiger partial charge >= 0.3 is 0 Å². The SMILES string of the molecule is CNC1CCCN(CC(F)F)C1=O. The molecule has 1 amide bonds. The standard InChI is InChI=1S/C8H14F2N2O/c1-11-6-3-2-4-12(8(6)13)5-7(9)10/h6-7,11H,2-5H2,1H3. The summed E-state index contributed by atoms with van der Waals surface area (Å²) in [6, 6.07) is -0.271. The summed E-state index contributed by atoms with van der Waals surface area (Å²) >= 11 is 0. The Labute approximate surface area is 76.1 Å². The van der Waals surface area contributed by atoms with E-state index in [-0.39, 0.29) is 11.9 Å². The predicted octanol–water partition coefficient (Wildman–Crippen LogP) is 0.462. The van der Waals surface area contributed by atoms with E-state index in [1.807, 2.05) is 0 Å². The van der Waals surface area contributed by atoms with Crippen LogP contribution >= 0.6 is 0 Å². The Hall–Kier alpha value is -0.710. The van der Waals surface area contributed by atoms with Crippen LogP contribution in [0.4, 0.5) is 8.78 Å². The van der Waals surface area contributed by atoms with Crippen molar-refractivity contribution in [3.8, 4) is 0 Å². The van der Waals surface area contributed by atoms with Gasteiger partial charge < -0.3 is 10.2 Å². The summed E-state index contributed by atoms with van der Waals surface area (Å²) < 4.78 is 24.0. The van der Waals surface area contributed by atoms with E-state index in [0.29, 0.717) is 6.54 Å². The zero-order chi connectivity index (χ0) is 9.84. The number of likely N-dealkylation sites (N-methyl/N-ethyl adjacent to an activating group) is 1. The van der Waals surface area contributed by atoms with Crippen molar-refractivity contribution < 1.29 is 13.6 Å².